The molecule has 1 aliphatic rings. The highest BCUT2D eigenvalue weighted by Gasteiger charge is 2.37. The Labute approximate surface area is 182 Å². The van der Waals surface area contributed by atoms with Crippen molar-refractivity contribution in [2.75, 3.05) is 5.32 Å². The highest BCUT2D eigenvalue weighted by atomic mass is 16.5. The summed E-state index contributed by atoms with van der Waals surface area (Å²) in [7, 11) is 0. The molecule has 10 heteroatoms. The summed E-state index contributed by atoms with van der Waals surface area (Å²) in [5, 5.41) is 6.19. The molecule has 1 atom stereocenters. The van der Waals surface area contributed by atoms with E-state index in [0.717, 1.165) is 4.90 Å². The van der Waals surface area contributed by atoms with Crippen molar-refractivity contribution in [1.29, 1.82) is 0 Å². The molecule has 32 heavy (non-hydrogen) atoms. The number of carbonyl (C=O) groups excluding carboxylic acids is 4. The predicted molar refractivity (Wildman–Crippen MR) is 109 cm³/mol. The highest BCUT2D eigenvalue weighted by molar-refractivity contribution is 6.21. The van der Waals surface area contributed by atoms with Crippen molar-refractivity contribution in [2.24, 2.45) is 0 Å². The van der Waals surface area contributed by atoms with Crippen LogP contribution in [-0.2, 0) is 16.1 Å². The van der Waals surface area contributed by atoms with Crippen molar-refractivity contribution in [2.45, 2.75) is 32.9 Å². The van der Waals surface area contributed by atoms with Crippen LogP contribution < -0.4 is 5.32 Å². The van der Waals surface area contributed by atoms with Crippen molar-refractivity contribution in [3.63, 3.8) is 0 Å². The molecule has 4 rings (SSSR count). The second-order valence-electron chi connectivity index (χ2n) is 7.15. The van der Waals surface area contributed by atoms with Crippen LogP contribution in [0.25, 0.3) is 0 Å². The molecule has 0 bridgehead atoms. The monoisotopic (exact) mass is 437 g/mol. The van der Waals surface area contributed by atoms with Crippen LogP contribution in [0.15, 0.2) is 51.6 Å². The topological polar surface area (TPSA) is 132 Å². The number of ether oxygens (including phenoxy) is 1. The Morgan fingerprint density at radius 3 is 2.59 bits per heavy atom. The lowest BCUT2D eigenvalue weighted by Crippen LogP contribution is -2.32. The summed E-state index contributed by atoms with van der Waals surface area (Å²) in [4.78, 5) is 51.4. The Balaban J connectivity index is 1.47. The number of anilines is 1. The zero-order chi connectivity index (χ0) is 22.8. The fourth-order valence-corrected chi connectivity index (χ4v) is 3.27. The van der Waals surface area contributed by atoms with Gasteiger partial charge in [0.05, 0.1) is 29.5 Å². The molecule has 1 aromatic carbocycles. The van der Waals surface area contributed by atoms with Gasteiger partial charge in [0.2, 0.25) is 0 Å². The number of amides is 3. The Morgan fingerprint density at radius 1 is 1.16 bits per heavy atom. The number of imide groups is 1. The highest BCUT2D eigenvalue weighted by Crippen LogP contribution is 2.26. The number of hydrogen-bond acceptors (Lipinski definition) is 8. The molecule has 1 N–H and O–H groups in total. The standard InChI is InChI=1S/C22H19N3O7/c1-3-17(19(26)23-18-9-12(2)32-24-18)31-22(29)13-6-7-15-16(10-13)21(28)25(20(15)27)11-14-5-4-8-30-14/h4-10,17H,3,11H2,1-2H3,(H,23,24,26). The van der Waals surface area contributed by atoms with Crippen LogP contribution in [0.4, 0.5) is 5.82 Å². The molecular formula is C22H19N3O7. The molecule has 164 valence electrons. The molecule has 0 saturated heterocycles. The number of hydrogen-bond donors (Lipinski definition) is 1. The summed E-state index contributed by atoms with van der Waals surface area (Å²) in [6, 6.07) is 8.92. The lowest BCUT2D eigenvalue weighted by Gasteiger charge is -2.15. The average Bonchev–Trinajstić information content (AvgIpc) is 3.50. The molecule has 0 fully saturated rings. The summed E-state index contributed by atoms with van der Waals surface area (Å²) in [6.45, 7) is 3.34. The van der Waals surface area contributed by atoms with Crippen LogP contribution in [0, 0.1) is 6.92 Å². The maximum Gasteiger partial charge on any atom is 0.338 e. The van der Waals surface area contributed by atoms with Crippen molar-refractivity contribution in [1.82, 2.24) is 10.1 Å². The molecule has 0 radical (unpaired) electrons. The van der Waals surface area contributed by atoms with Crippen molar-refractivity contribution in [3.8, 4) is 0 Å². The smallest absolute Gasteiger partial charge is 0.338 e. The van der Waals surface area contributed by atoms with Crippen LogP contribution in [0.1, 0.15) is 55.9 Å². The molecular weight excluding hydrogens is 418 g/mol. The SMILES string of the molecule is CCC(OC(=O)c1ccc2c(c1)C(=O)N(Cc1ccco1)C2=O)C(=O)Nc1cc(C)on1. The number of furan rings is 1. The minimum Gasteiger partial charge on any atom is -0.467 e. The van der Waals surface area contributed by atoms with Gasteiger partial charge < -0.3 is 19.0 Å². The van der Waals surface area contributed by atoms with E-state index in [4.69, 9.17) is 13.7 Å². The van der Waals surface area contributed by atoms with Gasteiger partial charge in [-0.05, 0) is 43.7 Å². The summed E-state index contributed by atoms with van der Waals surface area (Å²) in [6.07, 6.45) is 0.583. The Hall–Kier alpha value is -4.21. The van der Waals surface area contributed by atoms with Crippen LogP contribution in [-0.4, -0.2) is 39.9 Å². The largest absolute Gasteiger partial charge is 0.467 e. The van der Waals surface area contributed by atoms with E-state index in [1.54, 1.807) is 26.0 Å². The van der Waals surface area contributed by atoms with Crippen LogP contribution in [0.5, 0.6) is 0 Å². The van der Waals surface area contributed by atoms with Crippen LogP contribution in [0.3, 0.4) is 0 Å². The van der Waals surface area contributed by atoms with E-state index in [9.17, 15) is 19.2 Å². The second kappa shape index (κ2) is 8.50. The Bertz CT molecular complexity index is 1200. The van der Waals surface area contributed by atoms with Gasteiger partial charge in [0, 0.05) is 6.07 Å². The van der Waals surface area contributed by atoms with E-state index >= 15 is 0 Å². The summed E-state index contributed by atoms with van der Waals surface area (Å²) in [5.74, 6) is -1.19. The van der Waals surface area contributed by atoms with Crippen molar-refractivity contribution >= 4 is 29.5 Å². The number of rotatable bonds is 7. The van der Waals surface area contributed by atoms with E-state index in [1.165, 1.54) is 30.5 Å². The van der Waals surface area contributed by atoms with E-state index < -0.39 is 29.8 Å². The maximum absolute atomic E-state index is 12.7. The number of esters is 1. The number of carbonyl (C=O) groups is 4. The number of aryl methyl sites for hydroxylation is 1. The number of benzene rings is 1. The summed E-state index contributed by atoms with van der Waals surface area (Å²) >= 11 is 0. The Kier molecular flexibility index (Phi) is 5.59. The molecule has 1 aliphatic heterocycles. The molecule has 3 heterocycles. The molecule has 0 saturated carbocycles. The quantitative estimate of drug-likeness (QED) is 0.441. The number of nitrogens with zero attached hydrogens (tertiary/aromatic N) is 2. The van der Waals surface area contributed by atoms with E-state index in [2.05, 4.69) is 10.5 Å². The average molecular weight is 437 g/mol. The van der Waals surface area contributed by atoms with E-state index in [0.29, 0.717) is 11.5 Å². The Morgan fingerprint density at radius 2 is 1.94 bits per heavy atom. The first-order valence-corrected chi connectivity index (χ1v) is 9.85. The van der Waals surface area contributed by atoms with Crippen molar-refractivity contribution < 1.29 is 32.9 Å². The fourth-order valence-electron chi connectivity index (χ4n) is 3.27. The van der Waals surface area contributed by atoms with Gasteiger partial charge in [-0.3, -0.25) is 19.3 Å². The molecule has 3 aromatic rings. The first-order chi connectivity index (χ1) is 15.4. The van der Waals surface area contributed by atoms with Gasteiger partial charge in [0.25, 0.3) is 17.7 Å². The minimum atomic E-state index is -1.08. The lowest BCUT2D eigenvalue weighted by molar-refractivity contribution is -0.124. The lowest BCUT2D eigenvalue weighted by atomic mass is 10.1. The van der Waals surface area contributed by atoms with Gasteiger partial charge in [-0.1, -0.05) is 12.1 Å². The van der Waals surface area contributed by atoms with E-state index in [-0.39, 0.29) is 35.5 Å². The third-order valence-corrected chi connectivity index (χ3v) is 4.89. The zero-order valence-electron chi connectivity index (χ0n) is 17.3. The van der Waals surface area contributed by atoms with Gasteiger partial charge in [-0.15, -0.1) is 0 Å². The minimum absolute atomic E-state index is 0.0152. The third kappa shape index (κ3) is 4.02. The normalized spacial score (nSPS) is 13.8. The van der Waals surface area contributed by atoms with Crippen molar-refractivity contribution in [3.05, 3.63) is 70.9 Å². The summed E-state index contributed by atoms with van der Waals surface area (Å²) < 4.78 is 15.4. The van der Waals surface area contributed by atoms with E-state index in [1.807, 2.05) is 0 Å². The van der Waals surface area contributed by atoms with Gasteiger partial charge >= 0.3 is 5.97 Å². The molecule has 10 nitrogen and oxygen atoms in total. The number of aromatic nitrogens is 1. The van der Waals surface area contributed by atoms with Crippen LogP contribution in [0.2, 0.25) is 0 Å². The fraction of sp³-hybridized carbons (Fsp3) is 0.227. The third-order valence-electron chi connectivity index (χ3n) is 4.89. The van der Waals surface area contributed by atoms with Gasteiger partial charge in [0.1, 0.15) is 11.5 Å². The predicted octanol–water partition coefficient (Wildman–Crippen LogP) is 2.95. The number of nitrogens with one attached hydrogen (secondary N) is 1. The first-order valence-electron chi connectivity index (χ1n) is 9.85. The van der Waals surface area contributed by atoms with Crippen LogP contribution >= 0.6 is 0 Å². The molecule has 0 spiro atoms. The molecule has 0 aliphatic carbocycles. The maximum atomic E-state index is 12.7. The van der Waals surface area contributed by atoms with Gasteiger partial charge in [-0.25, -0.2) is 4.79 Å². The summed E-state index contributed by atoms with van der Waals surface area (Å²) in [5.41, 5.74) is 0.323. The molecule has 3 amide bonds. The number of fused-ring (bicyclic) bond motifs is 1. The molecule has 1 unspecified atom stereocenters. The van der Waals surface area contributed by atoms with Gasteiger partial charge in [0.15, 0.2) is 11.9 Å². The van der Waals surface area contributed by atoms with Gasteiger partial charge in [-0.2, -0.15) is 0 Å². The first kappa shape index (κ1) is 21.0. The molecule has 2 aromatic heterocycles. The zero-order valence-corrected chi connectivity index (χ0v) is 17.3. The second-order valence-corrected chi connectivity index (χ2v) is 7.15.